The van der Waals surface area contributed by atoms with Gasteiger partial charge in [-0.2, -0.15) is 0 Å². The molecule has 12 nitrogen and oxygen atoms in total. The summed E-state index contributed by atoms with van der Waals surface area (Å²) in [6, 6.07) is 7.46. The van der Waals surface area contributed by atoms with Gasteiger partial charge in [0, 0.05) is 23.7 Å². The van der Waals surface area contributed by atoms with Crippen LogP contribution in [0.15, 0.2) is 56.5 Å². The van der Waals surface area contributed by atoms with Crippen molar-refractivity contribution in [3.8, 4) is 5.88 Å². The Kier molecular flexibility index (Phi) is 9.45. The number of benzene rings is 1. The molecule has 0 spiro atoms. The molecule has 0 aliphatic heterocycles. The average molecular weight is 780 g/mol. The van der Waals surface area contributed by atoms with Crippen LogP contribution in [-0.4, -0.2) is 50.5 Å². The molecule has 2 aromatic rings. The van der Waals surface area contributed by atoms with Crippen LogP contribution in [0.3, 0.4) is 0 Å². The van der Waals surface area contributed by atoms with Crippen molar-refractivity contribution in [1.29, 1.82) is 0 Å². The number of hydrogen-bond acceptors (Lipinski definition) is 10. The van der Waals surface area contributed by atoms with Crippen LogP contribution < -0.4 is 15.0 Å². The van der Waals surface area contributed by atoms with Gasteiger partial charge >= 0.3 is 16.9 Å². The van der Waals surface area contributed by atoms with Crippen molar-refractivity contribution in [2.45, 2.75) is 129 Å². The number of nitrogens with one attached hydrogen (secondary N) is 1. The van der Waals surface area contributed by atoms with Crippen LogP contribution in [0.1, 0.15) is 113 Å². The van der Waals surface area contributed by atoms with Crippen molar-refractivity contribution < 1.29 is 41.8 Å². The third kappa shape index (κ3) is 5.95. The number of rotatable bonds is 8. The van der Waals surface area contributed by atoms with Gasteiger partial charge in [0.2, 0.25) is 5.91 Å². The van der Waals surface area contributed by atoms with Gasteiger partial charge in [0.1, 0.15) is 12.7 Å². The summed E-state index contributed by atoms with van der Waals surface area (Å²) < 4.78 is 42.3. The van der Waals surface area contributed by atoms with Crippen molar-refractivity contribution in [3.63, 3.8) is 0 Å². The molecule has 0 unspecified atom stereocenters. The number of carbonyl (C=O) groups excluding carboxylic acids is 3. The molecule has 4 saturated carbocycles. The summed E-state index contributed by atoms with van der Waals surface area (Å²) in [5.41, 5.74) is -0.483. The van der Waals surface area contributed by atoms with E-state index in [0.717, 1.165) is 44.9 Å². The van der Waals surface area contributed by atoms with Gasteiger partial charge in [0.25, 0.3) is 9.84 Å². The highest BCUT2D eigenvalue weighted by molar-refractivity contribution is 7.91. The van der Waals surface area contributed by atoms with E-state index < -0.39 is 26.2 Å². The monoisotopic (exact) mass is 779 g/mol. The van der Waals surface area contributed by atoms with Crippen molar-refractivity contribution in [2.24, 2.45) is 50.2 Å². The molecule has 1 amide bonds. The number of sulfone groups is 1. The molecule has 300 valence electrons. The van der Waals surface area contributed by atoms with Crippen molar-refractivity contribution in [3.05, 3.63) is 47.2 Å². The first-order chi connectivity index (χ1) is 25.6. The molecule has 13 heteroatoms. The van der Waals surface area contributed by atoms with Crippen LogP contribution in [0, 0.1) is 55.5 Å². The number of amides is 1. The Labute approximate surface area is 324 Å². The second kappa shape index (κ2) is 13.2. The fourth-order valence-electron chi connectivity index (χ4n) is 12.5. The van der Waals surface area contributed by atoms with Crippen LogP contribution in [0.5, 0.6) is 5.88 Å². The molecule has 5 aliphatic rings. The van der Waals surface area contributed by atoms with Crippen LogP contribution in [0.2, 0.25) is 0 Å². The Balaban J connectivity index is 1.08. The number of allylic oxidation sites excluding steroid dienone is 2. The standard InChI is InChI=1S/C42H57N3O9S/c1-26(46)53-32-15-16-40(6)31(37(32,2)3)14-17-42(8)33(40)30(47)24-28-29-25-39(5,19-18-38(29,4)20-21-41(28,42)7)36(48)43-22-23-52-34-35(45(49)54-44-34)55(50,51)27-12-10-9-11-13-27/h9-13,24,29,31-33H,14-23,25H2,1-8H3,(H,43,48)/t29-,31-,32-,33+,38+,39-,40-,41+,42+/m0/s1. The van der Waals surface area contributed by atoms with E-state index >= 15 is 0 Å². The lowest BCUT2D eigenvalue weighted by Gasteiger charge is -2.70. The average Bonchev–Trinajstić information content (AvgIpc) is 3.50. The van der Waals surface area contributed by atoms with Gasteiger partial charge in [-0.3, -0.25) is 19.0 Å². The Morgan fingerprint density at radius 2 is 1.67 bits per heavy atom. The Bertz CT molecular complexity index is 2030. The number of esters is 1. The van der Waals surface area contributed by atoms with Crippen LogP contribution in [0.25, 0.3) is 0 Å². The maximum atomic E-state index is 14.8. The number of nitrogens with zero attached hydrogens (tertiary/aromatic N) is 2. The SMILES string of the molecule is CC(=O)O[C@H]1CC[C@]2(C)[C@H]3C(=O)C=C4[C@@H]5C[C@@](C)(C(=O)NCCOc6no[n+]([O-])c6S(=O)(=O)c6ccccc6)CC[C@]5(C)CC[C@@]4(C)[C@]3(C)CC[C@H]2C1(C)C. The fourth-order valence-corrected chi connectivity index (χ4v) is 13.8. The minimum Gasteiger partial charge on any atom is -0.462 e. The summed E-state index contributed by atoms with van der Waals surface area (Å²) in [6.45, 7) is 17.3. The number of ether oxygens (including phenoxy) is 2. The van der Waals surface area contributed by atoms with Gasteiger partial charge in [0.05, 0.1) is 16.6 Å². The van der Waals surface area contributed by atoms with E-state index in [1.54, 1.807) is 18.2 Å². The molecule has 1 aromatic carbocycles. The van der Waals surface area contributed by atoms with E-state index in [4.69, 9.17) is 9.47 Å². The molecule has 0 bridgehead atoms. The largest absolute Gasteiger partial charge is 0.462 e. The molecule has 1 N–H and O–H groups in total. The summed E-state index contributed by atoms with van der Waals surface area (Å²) in [7, 11) is -4.27. The van der Waals surface area contributed by atoms with E-state index in [0.29, 0.717) is 12.8 Å². The van der Waals surface area contributed by atoms with E-state index in [2.05, 4.69) is 56.6 Å². The molecule has 1 heterocycles. The van der Waals surface area contributed by atoms with E-state index in [-0.39, 0.29) is 91.5 Å². The third-order valence-corrected chi connectivity index (χ3v) is 17.6. The lowest BCUT2D eigenvalue weighted by Crippen LogP contribution is -2.66. The quantitative estimate of drug-likeness (QED) is 0.176. The lowest BCUT2D eigenvalue weighted by molar-refractivity contribution is -0.832. The summed E-state index contributed by atoms with van der Waals surface area (Å²) in [4.78, 5) is 40.5. The third-order valence-electron chi connectivity index (χ3n) is 15.9. The molecule has 0 saturated heterocycles. The van der Waals surface area contributed by atoms with Crippen LogP contribution in [0.4, 0.5) is 0 Å². The van der Waals surface area contributed by atoms with Crippen molar-refractivity contribution in [2.75, 3.05) is 13.2 Å². The Morgan fingerprint density at radius 1 is 0.982 bits per heavy atom. The summed E-state index contributed by atoms with van der Waals surface area (Å²) in [5, 5.41) is 18.1. The zero-order valence-electron chi connectivity index (χ0n) is 33.5. The molecule has 4 fully saturated rings. The van der Waals surface area contributed by atoms with Crippen LogP contribution >= 0.6 is 0 Å². The zero-order valence-corrected chi connectivity index (χ0v) is 34.3. The Morgan fingerprint density at radius 3 is 2.36 bits per heavy atom. The molecular weight excluding hydrogens is 723 g/mol. The van der Waals surface area contributed by atoms with Gasteiger partial charge in [-0.05, 0) is 114 Å². The minimum absolute atomic E-state index is 0.0375. The second-order valence-electron chi connectivity index (χ2n) is 19.2. The maximum Gasteiger partial charge on any atom is 0.415 e. The first-order valence-corrected chi connectivity index (χ1v) is 21.4. The topological polar surface area (TPSA) is 169 Å². The van der Waals surface area contributed by atoms with Gasteiger partial charge < -0.3 is 20.0 Å². The molecule has 5 aliphatic carbocycles. The highest BCUT2D eigenvalue weighted by Gasteiger charge is 2.70. The summed E-state index contributed by atoms with van der Waals surface area (Å²) in [6.07, 6.45) is 9.50. The van der Waals surface area contributed by atoms with Gasteiger partial charge in [-0.25, -0.2) is 8.42 Å². The highest BCUT2D eigenvalue weighted by Crippen LogP contribution is 2.75. The van der Waals surface area contributed by atoms with E-state index in [1.165, 1.54) is 24.6 Å². The Hall–Kier alpha value is -3.74. The summed E-state index contributed by atoms with van der Waals surface area (Å²) in [5.74, 6) is -0.489. The highest BCUT2D eigenvalue weighted by atomic mass is 32.2. The first kappa shape index (κ1) is 39.5. The molecule has 0 radical (unpaired) electrons. The van der Waals surface area contributed by atoms with Gasteiger partial charge in [0.15, 0.2) is 5.78 Å². The van der Waals surface area contributed by atoms with E-state index in [9.17, 15) is 28.0 Å². The molecule has 7 rings (SSSR count). The number of hydrogen-bond donors (Lipinski definition) is 1. The van der Waals surface area contributed by atoms with Gasteiger partial charge in [-0.15, -0.1) is 0 Å². The van der Waals surface area contributed by atoms with Crippen molar-refractivity contribution >= 4 is 27.5 Å². The van der Waals surface area contributed by atoms with Crippen molar-refractivity contribution in [1.82, 2.24) is 10.5 Å². The molecule has 1 aromatic heterocycles. The predicted molar refractivity (Wildman–Crippen MR) is 201 cm³/mol. The number of aromatic nitrogens is 2. The van der Waals surface area contributed by atoms with Gasteiger partial charge in [-0.1, -0.05) is 72.2 Å². The molecule has 55 heavy (non-hydrogen) atoms. The zero-order chi connectivity index (χ0) is 40.0. The minimum atomic E-state index is -4.27. The smallest absolute Gasteiger partial charge is 0.415 e. The summed E-state index contributed by atoms with van der Waals surface area (Å²) >= 11 is 0. The maximum absolute atomic E-state index is 14.8. The number of carbonyl (C=O) groups is 3. The lowest BCUT2D eigenvalue weighted by atomic mass is 9.33. The number of fused-ring (bicyclic) bond motifs is 7. The van der Waals surface area contributed by atoms with E-state index in [1.807, 2.05) is 13.0 Å². The molecular formula is C42H57N3O9S. The first-order valence-electron chi connectivity index (χ1n) is 19.9. The fraction of sp³-hybridized carbons (Fsp3) is 0.690. The normalized spacial score (nSPS) is 38.0. The molecule has 9 atom stereocenters. The predicted octanol–water partition coefficient (Wildman–Crippen LogP) is 6.55. The number of ketones is 1. The van der Waals surface area contributed by atoms with Crippen LogP contribution in [-0.2, 0) is 29.0 Å². The second-order valence-corrected chi connectivity index (χ2v) is 21.0.